The van der Waals surface area contributed by atoms with Gasteiger partial charge in [0.2, 0.25) is 0 Å². The van der Waals surface area contributed by atoms with Gasteiger partial charge in [-0.3, -0.25) is 14.8 Å². The average molecular weight is 358 g/mol. The molecule has 0 N–H and O–H groups in total. The van der Waals surface area contributed by atoms with Crippen molar-refractivity contribution >= 4 is 22.6 Å². The fourth-order valence-corrected chi connectivity index (χ4v) is 3.71. The lowest BCUT2D eigenvalue weighted by Gasteiger charge is -2.30. The number of fused-ring (bicyclic) bond motifs is 2. The predicted molar refractivity (Wildman–Crippen MR) is 107 cm³/mol. The number of esters is 1. The summed E-state index contributed by atoms with van der Waals surface area (Å²) in [6.07, 6.45) is 2.96. The maximum Gasteiger partial charge on any atom is 0.309 e. The van der Waals surface area contributed by atoms with E-state index in [2.05, 4.69) is 37.0 Å². The highest BCUT2D eigenvalue weighted by Gasteiger charge is 2.29. The molecule has 2 aromatic carbocycles. The van der Waals surface area contributed by atoms with E-state index in [4.69, 9.17) is 9.73 Å². The minimum atomic E-state index is -0.250. The van der Waals surface area contributed by atoms with Gasteiger partial charge in [0.05, 0.1) is 30.3 Å². The molecule has 0 fully saturated rings. The molecule has 0 bridgehead atoms. The van der Waals surface area contributed by atoms with Gasteiger partial charge in [-0.05, 0) is 43.5 Å². The van der Waals surface area contributed by atoms with Gasteiger partial charge in [-0.25, -0.2) is 0 Å². The van der Waals surface area contributed by atoms with E-state index < -0.39 is 0 Å². The van der Waals surface area contributed by atoms with E-state index in [1.165, 1.54) is 12.7 Å². The quantitative estimate of drug-likeness (QED) is 0.662. The number of carbonyl (C=O) groups excluding carboxylic acids is 1. The molecule has 3 aromatic rings. The van der Waals surface area contributed by atoms with Crippen LogP contribution in [0.5, 0.6) is 0 Å². The topological polar surface area (TPSA) is 51.5 Å². The second-order valence-corrected chi connectivity index (χ2v) is 7.56. The molecule has 4 nitrogen and oxygen atoms in total. The Kier molecular flexibility index (Phi) is 4.27. The highest BCUT2D eigenvalue weighted by atomic mass is 16.5. The Labute approximate surface area is 158 Å². The first-order chi connectivity index (χ1) is 13.0. The van der Waals surface area contributed by atoms with E-state index in [0.29, 0.717) is 0 Å². The van der Waals surface area contributed by atoms with Crippen LogP contribution in [0, 0.1) is 0 Å². The van der Waals surface area contributed by atoms with Crippen molar-refractivity contribution in [1.29, 1.82) is 0 Å². The van der Waals surface area contributed by atoms with Crippen LogP contribution in [0.4, 0.5) is 0 Å². The number of ether oxygens (including phenoxy) is 1. The van der Waals surface area contributed by atoms with Crippen molar-refractivity contribution in [3.8, 4) is 0 Å². The normalized spacial score (nSPS) is 15.1. The van der Waals surface area contributed by atoms with Gasteiger partial charge < -0.3 is 4.74 Å². The SMILES string of the molecule is COC(=O)Cc1cccc2c1CC(C)(C)N=C2c1cnc2ccccc2c1. The zero-order chi connectivity index (χ0) is 19.0. The Balaban J connectivity index is 1.87. The summed E-state index contributed by atoms with van der Waals surface area (Å²) < 4.78 is 4.88. The number of pyridine rings is 1. The highest BCUT2D eigenvalue weighted by Crippen LogP contribution is 2.32. The summed E-state index contributed by atoms with van der Waals surface area (Å²) in [6.45, 7) is 4.25. The molecule has 1 aliphatic heterocycles. The fourth-order valence-electron chi connectivity index (χ4n) is 3.71. The Hall–Kier alpha value is -3.01. The molecule has 1 aliphatic rings. The number of para-hydroxylation sites is 1. The van der Waals surface area contributed by atoms with Gasteiger partial charge in [0.15, 0.2) is 0 Å². The molecular weight excluding hydrogens is 336 g/mol. The highest BCUT2D eigenvalue weighted by molar-refractivity contribution is 6.15. The minimum Gasteiger partial charge on any atom is -0.469 e. The van der Waals surface area contributed by atoms with Crippen molar-refractivity contribution < 1.29 is 9.53 Å². The van der Waals surface area contributed by atoms with E-state index >= 15 is 0 Å². The molecule has 0 radical (unpaired) electrons. The lowest BCUT2D eigenvalue weighted by atomic mass is 9.82. The number of benzene rings is 2. The molecule has 27 heavy (non-hydrogen) atoms. The van der Waals surface area contributed by atoms with Gasteiger partial charge in [0.1, 0.15) is 0 Å². The zero-order valence-electron chi connectivity index (χ0n) is 15.8. The van der Waals surface area contributed by atoms with E-state index in [-0.39, 0.29) is 17.9 Å². The van der Waals surface area contributed by atoms with Gasteiger partial charge in [-0.2, -0.15) is 0 Å². The number of aliphatic imine (C=N–C) groups is 1. The van der Waals surface area contributed by atoms with Crippen molar-refractivity contribution in [2.75, 3.05) is 7.11 Å². The van der Waals surface area contributed by atoms with Gasteiger partial charge in [0.25, 0.3) is 0 Å². The molecule has 0 amide bonds. The number of hydrogen-bond donors (Lipinski definition) is 0. The standard InChI is InChI=1S/C23H22N2O2/c1-23(2)13-19-15(12-21(26)27-3)8-6-9-18(19)22(25-23)17-11-16-7-4-5-10-20(16)24-14-17/h4-11,14H,12-13H2,1-3H3. The summed E-state index contributed by atoms with van der Waals surface area (Å²) >= 11 is 0. The Morgan fingerprint density at radius 2 is 1.96 bits per heavy atom. The Morgan fingerprint density at radius 1 is 1.15 bits per heavy atom. The van der Waals surface area contributed by atoms with Crippen molar-refractivity contribution in [3.05, 3.63) is 77.0 Å². The van der Waals surface area contributed by atoms with E-state index in [1.54, 1.807) is 0 Å². The first kappa shape index (κ1) is 17.4. The van der Waals surface area contributed by atoms with E-state index in [0.717, 1.165) is 39.7 Å². The monoisotopic (exact) mass is 358 g/mol. The summed E-state index contributed by atoms with van der Waals surface area (Å²) in [6, 6.07) is 16.3. The van der Waals surface area contributed by atoms with Gasteiger partial charge >= 0.3 is 5.97 Å². The van der Waals surface area contributed by atoms with E-state index in [1.807, 2.05) is 36.5 Å². The smallest absolute Gasteiger partial charge is 0.309 e. The number of hydrogen-bond acceptors (Lipinski definition) is 4. The van der Waals surface area contributed by atoms with Crippen LogP contribution in [0.15, 0.2) is 59.7 Å². The minimum absolute atomic E-state index is 0.224. The fraction of sp³-hybridized carbons (Fsp3) is 0.261. The van der Waals surface area contributed by atoms with Crippen LogP contribution in [-0.2, 0) is 22.4 Å². The average Bonchev–Trinajstić information content (AvgIpc) is 2.67. The number of aromatic nitrogens is 1. The van der Waals surface area contributed by atoms with E-state index in [9.17, 15) is 4.79 Å². The third-order valence-corrected chi connectivity index (χ3v) is 4.98. The summed E-state index contributed by atoms with van der Waals surface area (Å²) in [5.74, 6) is -0.224. The Bertz CT molecular complexity index is 1070. The second-order valence-electron chi connectivity index (χ2n) is 7.56. The number of carbonyl (C=O) groups is 1. The van der Waals surface area contributed by atoms with Gasteiger partial charge in [-0.1, -0.05) is 36.4 Å². The Morgan fingerprint density at radius 3 is 2.78 bits per heavy atom. The maximum absolute atomic E-state index is 11.9. The van der Waals surface area contributed by atoms with Crippen molar-refractivity contribution in [2.24, 2.45) is 4.99 Å². The molecule has 0 unspecified atom stereocenters. The van der Waals surface area contributed by atoms with Crippen LogP contribution in [0.1, 0.15) is 36.1 Å². The summed E-state index contributed by atoms with van der Waals surface area (Å²) in [7, 11) is 1.43. The largest absolute Gasteiger partial charge is 0.469 e. The molecule has 1 aromatic heterocycles. The third kappa shape index (κ3) is 3.35. The molecule has 0 saturated heterocycles. The molecule has 0 atom stereocenters. The van der Waals surface area contributed by atoms with Crippen LogP contribution < -0.4 is 0 Å². The van der Waals surface area contributed by atoms with Crippen LogP contribution in [0.25, 0.3) is 10.9 Å². The van der Waals surface area contributed by atoms with Crippen molar-refractivity contribution in [3.63, 3.8) is 0 Å². The molecule has 4 rings (SSSR count). The first-order valence-electron chi connectivity index (χ1n) is 9.10. The van der Waals surface area contributed by atoms with Crippen LogP contribution in [0.2, 0.25) is 0 Å². The third-order valence-electron chi connectivity index (χ3n) is 4.98. The first-order valence-corrected chi connectivity index (χ1v) is 9.10. The zero-order valence-corrected chi connectivity index (χ0v) is 15.8. The maximum atomic E-state index is 11.9. The molecule has 4 heteroatoms. The van der Waals surface area contributed by atoms with Gasteiger partial charge in [0, 0.05) is 22.7 Å². The summed E-state index contributed by atoms with van der Waals surface area (Å²) in [4.78, 5) is 21.5. The molecule has 136 valence electrons. The molecule has 2 heterocycles. The number of nitrogens with zero attached hydrogens (tertiary/aromatic N) is 2. The lowest BCUT2D eigenvalue weighted by Crippen LogP contribution is -2.30. The van der Waals surface area contributed by atoms with Crippen LogP contribution >= 0.6 is 0 Å². The van der Waals surface area contributed by atoms with Crippen molar-refractivity contribution in [1.82, 2.24) is 4.98 Å². The molecule has 0 saturated carbocycles. The summed E-state index contributed by atoms with van der Waals surface area (Å²) in [5.41, 5.74) is 5.91. The molecule has 0 spiro atoms. The number of rotatable bonds is 3. The van der Waals surface area contributed by atoms with Crippen LogP contribution in [-0.4, -0.2) is 29.3 Å². The molecular formula is C23H22N2O2. The second kappa shape index (κ2) is 6.62. The van der Waals surface area contributed by atoms with Crippen LogP contribution in [0.3, 0.4) is 0 Å². The van der Waals surface area contributed by atoms with Gasteiger partial charge in [-0.15, -0.1) is 0 Å². The predicted octanol–water partition coefficient (Wildman–Crippen LogP) is 4.12. The lowest BCUT2D eigenvalue weighted by molar-refractivity contribution is -0.139. The van der Waals surface area contributed by atoms with Crippen molar-refractivity contribution in [2.45, 2.75) is 32.2 Å². The number of methoxy groups -OCH3 is 1. The molecule has 0 aliphatic carbocycles. The summed E-state index contributed by atoms with van der Waals surface area (Å²) in [5, 5.41) is 1.09.